The summed E-state index contributed by atoms with van der Waals surface area (Å²) in [5.74, 6) is 5.54. The second-order valence-electron chi connectivity index (χ2n) is 4.16. The molecule has 0 amide bonds. The molecule has 3 nitrogen and oxygen atoms in total. The number of likely N-dealkylation sites (N-methyl/N-ethyl adjacent to an activating group) is 1. The van der Waals surface area contributed by atoms with Crippen LogP contribution in [0, 0.1) is 11.8 Å². The van der Waals surface area contributed by atoms with Gasteiger partial charge in [-0.1, -0.05) is 6.58 Å². The highest BCUT2D eigenvalue weighted by Gasteiger charge is 2.14. The molecule has 0 aliphatic rings. The number of esters is 1. The summed E-state index contributed by atoms with van der Waals surface area (Å²) >= 11 is 0. The van der Waals surface area contributed by atoms with E-state index < -0.39 is 0 Å². The third kappa shape index (κ3) is 6.75. The standard InChI is InChI=1S/C12H20NO2/c1-6-7-8-13(4,5)9-10-15-12(14)11(2)3/h2,8-10H2,1,3-5H3/q+1. The van der Waals surface area contributed by atoms with Gasteiger partial charge in [0.2, 0.25) is 0 Å². The van der Waals surface area contributed by atoms with Crippen LogP contribution in [0.3, 0.4) is 0 Å². The minimum atomic E-state index is -0.323. The summed E-state index contributed by atoms with van der Waals surface area (Å²) < 4.78 is 5.74. The van der Waals surface area contributed by atoms with Crippen molar-refractivity contribution < 1.29 is 14.0 Å². The minimum absolute atomic E-state index is 0.323. The molecule has 0 aromatic carbocycles. The molecule has 0 saturated carbocycles. The third-order valence-electron chi connectivity index (χ3n) is 1.96. The van der Waals surface area contributed by atoms with Crippen LogP contribution in [-0.2, 0) is 9.53 Å². The van der Waals surface area contributed by atoms with Gasteiger partial charge in [0.15, 0.2) is 0 Å². The monoisotopic (exact) mass is 210 g/mol. The van der Waals surface area contributed by atoms with Crippen LogP contribution in [0.5, 0.6) is 0 Å². The van der Waals surface area contributed by atoms with Crippen molar-refractivity contribution in [3.63, 3.8) is 0 Å². The molecule has 0 unspecified atom stereocenters. The molecular weight excluding hydrogens is 190 g/mol. The molecular formula is C12H20NO2+. The lowest BCUT2D eigenvalue weighted by molar-refractivity contribution is -0.883. The van der Waals surface area contributed by atoms with Crippen molar-refractivity contribution in [2.75, 3.05) is 33.8 Å². The molecule has 0 fully saturated rings. The number of nitrogens with zero attached hydrogens (tertiary/aromatic N) is 1. The molecule has 0 radical (unpaired) electrons. The number of hydrogen-bond donors (Lipinski definition) is 0. The van der Waals surface area contributed by atoms with Crippen molar-refractivity contribution in [1.82, 2.24) is 0 Å². The van der Waals surface area contributed by atoms with Gasteiger partial charge in [0, 0.05) is 5.57 Å². The maximum absolute atomic E-state index is 11.1. The van der Waals surface area contributed by atoms with Gasteiger partial charge in [-0.3, -0.25) is 0 Å². The van der Waals surface area contributed by atoms with E-state index in [2.05, 4.69) is 32.5 Å². The Hall–Kier alpha value is -1.27. The van der Waals surface area contributed by atoms with Gasteiger partial charge in [-0.2, -0.15) is 0 Å². The second-order valence-corrected chi connectivity index (χ2v) is 4.16. The third-order valence-corrected chi connectivity index (χ3v) is 1.96. The molecule has 0 aliphatic carbocycles. The van der Waals surface area contributed by atoms with Crippen molar-refractivity contribution in [2.45, 2.75) is 13.8 Å². The van der Waals surface area contributed by atoms with Crippen LogP contribution in [0.4, 0.5) is 0 Å². The molecule has 15 heavy (non-hydrogen) atoms. The molecule has 0 spiro atoms. The maximum Gasteiger partial charge on any atom is 0.333 e. The fourth-order valence-corrected chi connectivity index (χ4v) is 0.881. The van der Waals surface area contributed by atoms with E-state index in [-0.39, 0.29) is 5.97 Å². The molecule has 0 heterocycles. The van der Waals surface area contributed by atoms with Gasteiger partial charge in [0.25, 0.3) is 0 Å². The van der Waals surface area contributed by atoms with Gasteiger partial charge >= 0.3 is 5.97 Å². The number of quaternary nitrogens is 1. The smallest absolute Gasteiger partial charge is 0.333 e. The van der Waals surface area contributed by atoms with Gasteiger partial charge in [-0.25, -0.2) is 4.79 Å². The first kappa shape index (κ1) is 13.7. The number of rotatable bonds is 5. The molecule has 0 atom stereocenters. The minimum Gasteiger partial charge on any atom is -0.456 e. The predicted octanol–water partition coefficient (Wildman–Crippen LogP) is 1.21. The Labute approximate surface area is 92.3 Å². The molecule has 0 rings (SSSR count). The van der Waals surface area contributed by atoms with E-state index in [4.69, 9.17) is 4.74 Å². The van der Waals surface area contributed by atoms with Crippen LogP contribution >= 0.6 is 0 Å². The molecule has 0 N–H and O–H groups in total. The maximum atomic E-state index is 11.1. The van der Waals surface area contributed by atoms with Crippen molar-refractivity contribution >= 4 is 5.97 Å². The summed E-state index contributed by atoms with van der Waals surface area (Å²) in [5, 5.41) is 0. The largest absolute Gasteiger partial charge is 0.456 e. The van der Waals surface area contributed by atoms with Gasteiger partial charge in [0.1, 0.15) is 19.7 Å². The molecule has 84 valence electrons. The van der Waals surface area contributed by atoms with E-state index in [9.17, 15) is 4.79 Å². The summed E-state index contributed by atoms with van der Waals surface area (Å²) in [5.41, 5.74) is 0.439. The summed E-state index contributed by atoms with van der Waals surface area (Å²) in [7, 11) is 4.11. The average Bonchev–Trinajstić information content (AvgIpc) is 2.14. The summed E-state index contributed by atoms with van der Waals surface area (Å²) in [6, 6.07) is 0. The topological polar surface area (TPSA) is 26.3 Å². The average molecular weight is 210 g/mol. The quantitative estimate of drug-likeness (QED) is 0.295. The van der Waals surface area contributed by atoms with Gasteiger partial charge in [-0.05, 0) is 19.8 Å². The van der Waals surface area contributed by atoms with E-state index in [0.29, 0.717) is 12.2 Å². The fraction of sp³-hybridized carbons (Fsp3) is 0.583. The van der Waals surface area contributed by atoms with Crippen LogP contribution in [-0.4, -0.2) is 44.2 Å². The summed E-state index contributed by atoms with van der Waals surface area (Å²) in [6.07, 6.45) is 0. The van der Waals surface area contributed by atoms with Gasteiger partial charge < -0.3 is 9.22 Å². The van der Waals surface area contributed by atoms with Crippen LogP contribution in [0.25, 0.3) is 0 Å². The molecule has 0 bridgehead atoms. The highest BCUT2D eigenvalue weighted by atomic mass is 16.5. The molecule has 0 aromatic rings. The first-order valence-corrected chi connectivity index (χ1v) is 4.93. The Bertz CT molecular complexity index is 294. The van der Waals surface area contributed by atoms with E-state index in [0.717, 1.165) is 17.6 Å². The zero-order chi connectivity index (χ0) is 11.9. The Morgan fingerprint density at radius 3 is 2.53 bits per heavy atom. The van der Waals surface area contributed by atoms with Crippen LogP contribution in [0.1, 0.15) is 13.8 Å². The lowest BCUT2D eigenvalue weighted by atomic mass is 10.4. The van der Waals surface area contributed by atoms with E-state index in [1.807, 2.05) is 6.92 Å². The van der Waals surface area contributed by atoms with Crippen molar-refractivity contribution in [3.8, 4) is 11.8 Å². The highest BCUT2D eigenvalue weighted by Crippen LogP contribution is 1.97. The zero-order valence-electron chi connectivity index (χ0n) is 10.1. The first-order chi connectivity index (χ1) is 6.89. The summed E-state index contributed by atoms with van der Waals surface area (Å²) in [6.45, 7) is 8.91. The van der Waals surface area contributed by atoms with Crippen molar-refractivity contribution in [2.24, 2.45) is 0 Å². The zero-order valence-corrected chi connectivity index (χ0v) is 10.1. The lowest BCUT2D eigenvalue weighted by Crippen LogP contribution is -2.42. The van der Waals surface area contributed by atoms with Crippen LogP contribution in [0.15, 0.2) is 12.2 Å². The van der Waals surface area contributed by atoms with Crippen molar-refractivity contribution in [3.05, 3.63) is 12.2 Å². The number of ether oxygens (including phenoxy) is 1. The second kappa shape index (κ2) is 6.26. The molecule has 3 heteroatoms. The number of hydrogen-bond acceptors (Lipinski definition) is 2. The molecule has 0 aliphatic heterocycles. The molecule has 0 saturated heterocycles. The number of carbonyl (C=O) groups excluding carboxylic acids is 1. The Kier molecular flexibility index (Phi) is 5.73. The first-order valence-electron chi connectivity index (χ1n) is 4.93. The van der Waals surface area contributed by atoms with Crippen LogP contribution < -0.4 is 0 Å². The Balaban J connectivity index is 3.87. The SMILES string of the molecule is C=C(C)C(=O)OCC[N+](C)(C)CC#CC. The van der Waals surface area contributed by atoms with Crippen molar-refractivity contribution in [1.29, 1.82) is 0 Å². The summed E-state index contributed by atoms with van der Waals surface area (Å²) in [4.78, 5) is 11.1. The van der Waals surface area contributed by atoms with E-state index in [1.54, 1.807) is 6.92 Å². The van der Waals surface area contributed by atoms with Gasteiger partial charge in [0.05, 0.1) is 14.1 Å². The van der Waals surface area contributed by atoms with Crippen LogP contribution in [0.2, 0.25) is 0 Å². The fourth-order valence-electron chi connectivity index (χ4n) is 0.881. The molecule has 0 aromatic heterocycles. The number of carbonyl (C=O) groups is 1. The Morgan fingerprint density at radius 1 is 1.47 bits per heavy atom. The van der Waals surface area contributed by atoms with E-state index in [1.165, 1.54) is 0 Å². The van der Waals surface area contributed by atoms with Gasteiger partial charge in [-0.15, -0.1) is 5.92 Å². The lowest BCUT2D eigenvalue weighted by Gasteiger charge is -2.26. The normalized spacial score (nSPS) is 10.1. The predicted molar refractivity (Wildman–Crippen MR) is 61.1 cm³/mol. The Morgan fingerprint density at radius 2 is 2.07 bits per heavy atom. The highest BCUT2D eigenvalue weighted by molar-refractivity contribution is 5.86. The van der Waals surface area contributed by atoms with E-state index >= 15 is 0 Å².